The first-order valence-electron chi connectivity index (χ1n) is 6.77. The Morgan fingerprint density at radius 2 is 2.26 bits per heavy atom. The van der Waals surface area contributed by atoms with Crippen molar-refractivity contribution in [1.82, 2.24) is 19.8 Å². The molecular weight excluding hydrogens is 242 g/mol. The van der Waals surface area contributed by atoms with Gasteiger partial charge < -0.3 is 5.32 Å². The summed E-state index contributed by atoms with van der Waals surface area (Å²) >= 11 is 0. The van der Waals surface area contributed by atoms with Crippen molar-refractivity contribution >= 4 is 11.5 Å². The fourth-order valence-corrected chi connectivity index (χ4v) is 2.82. The molecule has 0 amide bonds. The number of nitrogens with zero attached hydrogens (tertiary/aromatic N) is 3. The molecule has 1 aliphatic rings. The van der Waals surface area contributed by atoms with Gasteiger partial charge in [0.05, 0.1) is 0 Å². The highest BCUT2D eigenvalue weighted by Crippen LogP contribution is 2.36. The number of hydrogen-bond donors (Lipinski definition) is 2. The van der Waals surface area contributed by atoms with Crippen LogP contribution in [0.5, 0.6) is 0 Å². The zero-order valence-corrected chi connectivity index (χ0v) is 11.3. The fourth-order valence-electron chi connectivity index (χ4n) is 2.82. The molecule has 2 N–H and O–H groups in total. The topological polar surface area (TPSA) is 75.1 Å². The highest BCUT2D eigenvalue weighted by Gasteiger charge is 2.32. The van der Waals surface area contributed by atoms with Crippen molar-refractivity contribution in [2.75, 3.05) is 5.32 Å². The van der Waals surface area contributed by atoms with Crippen molar-refractivity contribution in [3.8, 4) is 0 Å². The van der Waals surface area contributed by atoms with E-state index in [4.69, 9.17) is 0 Å². The maximum atomic E-state index is 11.5. The second kappa shape index (κ2) is 4.36. The van der Waals surface area contributed by atoms with E-state index in [9.17, 15) is 4.79 Å². The molecule has 0 aromatic carbocycles. The number of fused-ring (bicyclic) bond motifs is 1. The Kier molecular flexibility index (Phi) is 2.80. The first-order chi connectivity index (χ1) is 9.06. The molecule has 3 rings (SSSR count). The number of aromatic nitrogens is 4. The molecular formula is C13H19N5O. The number of hydrogen-bond acceptors (Lipinski definition) is 4. The average Bonchev–Trinajstić information content (AvgIpc) is 2.74. The van der Waals surface area contributed by atoms with Crippen LogP contribution in [0.15, 0.2) is 16.9 Å². The van der Waals surface area contributed by atoms with E-state index in [1.807, 2.05) is 6.07 Å². The molecule has 6 nitrogen and oxygen atoms in total. The smallest absolute Gasteiger partial charge is 0.364 e. The quantitative estimate of drug-likeness (QED) is 0.864. The van der Waals surface area contributed by atoms with Crippen molar-refractivity contribution in [3.05, 3.63) is 22.6 Å². The largest absolute Gasteiger partial charge is 0.365 e. The molecule has 1 aliphatic carbocycles. The molecule has 0 saturated heterocycles. The van der Waals surface area contributed by atoms with Gasteiger partial charge in [-0.25, -0.2) is 9.89 Å². The van der Waals surface area contributed by atoms with Crippen LogP contribution < -0.4 is 11.0 Å². The van der Waals surface area contributed by atoms with E-state index in [-0.39, 0.29) is 11.1 Å². The van der Waals surface area contributed by atoms with Crippen LogP contribution in [0.25, 0.3) is 5.65 Å². The van der Waals surface area contributed by atoms with E-state index in [1.54, 1.807) is 6.07 Å². The highest BCUT2D eigenvalue weighted by atomic mass is 16.2. The van der Waals surface area contributed by atoms with Gasteiger partial charge >= 0.3 is 5.69 Å². The lowest BCUT2D eigenvalue weighted by molar-refractivity contribution is 0.216. The minimum atomic E-state index is -0.304. The number of nitrogens with one attached hydrogen (secondary N) is 2. The summed E-state index contributed by atoms with van der Waals surface area (Å²) < 4.78 is 1.29. The van der Waals surface area contributed by atoms with Crippen molar-refractivity contribution in [2.24, 2.45) is 5.41 Å². The Hall–Kier alpha value is -1.85. The molecule has 6 heteroatoms. The summed E-state index contributed by atoms with van der Waals surface area (Å²) in [7, 11) is 0. The van der Waals surface area contributed by atoms with Gasteiger partial charge in [0.15, 0.2) is 5.65 Å². The van der Waals surface area contributed by atoms with Gasteiger partial charge in [-0.2, -0.15) is 9.61 Å². The summed E-state index contributed by atoms with van der Waals surface area (Å²) in [6.45, 7) is 4.57. The van der Waals surface area contributed by atoms with Gasteiger partial charge in [0.25, 0.3) is 0 Å². The summed E-state index contributed by atoms with van der Waals surface area (Å²) in [5.74, 6) is 0.732. The van der Waals surface area contributed by atoms with Crippen molar-refractivity contribution in [3.63, 3.8) is 0 Å². The van der Waals surface area contributed by atoms with Gasteiger partial charge in [-0.15, -0.1) is 5.10 Å². The summed E-state index contributed by atoms with van der Waals surface area (Å²) in [4.78, 5) is 11.5. The van der Waals surface area contributed by atoms with Crippen LogP contribution in [0.2, 0.25) is 0 Å². The molecule has 1 atom stereocenters. The first kappa shape index (κ1) is 12.2. The summed E-state index contributed by atoms with van der Waals surface area (Å²) in [6.07, 6.45) is 4.90. The van der Waals surface area contributed by atoms with Crippen LogP contribution in [-0.2, 0) is 0 Å². The molecule has 0 bridgehead atoms. The van der Waals surface area contributed by atoms with E-state index >= 15 is 0 Å². The Labute approximate surface area is 111 Å². The lowest BCUT2D eigenvalue weighted by Gasteiger charge is -2.39. The SMILES string of the molecule is CC1(C)CCCCC1Nc1ccc2n[nH]c(=O)n2n1. The third kappa shape index (κ3) is 2.22. The lowest BCUT2D eigenvalue weighted by atomic mass is 9.73. The third-order valence-corrected chi connectivity index (χ3v) is 4.10. The van der Waals surface area contributed by atoms with Crippen molar-refractivity contribution in [2.45, 2.75) is 45.6 Å². The Morgan fingerprint density at radius 1 is 1.42 bits per heavy atom. The molecule has 1 unspecified atom stereocenters. The van der Waals surface area contributed by atoms with E-state index in [0.29, 0.717) is 11.7 Å². The third-order valence-electron chi connectivity index (χ3n) is 4.10. The maximum absolute atomic E-state index is 11.5. The predicted octanol–water partition coefficient (Wildman–Crippen LogP) is 1.80. The first-order valence-corrected chi connectivity index (χ1v) is 6.77. The maximum Gasteiger partial charge on any atom is 0.364 e. The van der Waals surface area contributed by atoms with Crippen LogP contribution in [0.3, 0.4) is 0 Å². The molecule has 0 spiro atoms. The summed E-state index contributed by atoms with van der Waals surface area (Å²) in [5, 5.41) is 14.0. The van der Waals surface area contributed by atoms with E-state index in [2.05, 4.69) is 34.5 Å². The highest BCUT2D eigenvalue weighted by molar-refractivity contribution is 5.43. The fraction of sp³-hybridized carbons (Fsp3) is 0.615. The summed E-state index contributed by atoms with van der Waals surface area (Å²) in [6, 6.07) is 4.07. The second-order valence-corrected chi connectivity index (χ2v) is 5.95. The molecule has 19 heavy (non-hydrogen) atoms. The zero-order chi connectivity index (χ0) is 13.5. The zero-order valence-electron chi connectivity index (χ0n) is 11.3. The van der Waals surface area contributed by atoms with Gasteiger partial charge in [-0.1, -0.05) is 26.7 Å². The van der Waals surface area contributed by atoms with Crippen molar-refractivity contribution in [1.29, 1.82) is 0 Å². The van der Waals surface area contributed by atoms with E-state index in [0.717, 1.165) is 12.2 Å². The Bertz CT molecular complexity index is 642. The molecule has 1 saturated carbocycles. The van der Waals surface area contributed by atoms with Crippen LogP contribution in [0.4, 0.5) is 5.82 Å². The molecule has 0 aliphatic heterocycles. The second-order valence-electron chi connectivity index (χ2n) is 5.95. The predicted molar refractivity (Wildman–Crippen MR) is 73.3 cm³/mol. The van der Waals surface area contributed by atoms with Crippen LogP contribution >= 0.6 is 0 Å². The van der Waals surface area contributed by atoms with Gasteiger partial charge in [-0.3, -0.25) is 0 Å². The normalized spacial score (nSPS) is 22.5. The van der Waals surface area contributed by atoms with Gasteiger partial charge in [0.2, 0.25) is 0 Å². The lowest BCUT2D eigenvalue weighted by Crippen LogP contribution is -2.39. The number of aromatic amines is 1. The molecule has 0 radical (unpaired) electrons. The van der Waals surface area contributed by atoms with Crippen LogP contribution in [0.1, 0.15) is 39.5 Å². The number of H-pyrrole nitrogens is 1. The minimum Gasteiger partial charge on any atom is -0.365 e. The average molecular weight is 261 g/mol. The van der Waals surface area contributed by atoms with Crippen LogP contribution in [0, 0.1) is 5.41 Å². The molecule has 2 aromatic rings. The minimum absolute atomic E-state index is 0.260. The Balaban J connectivity index is 1.88. The summed E-state index contributed by atoms with van der Waals surface area (Å²) in [5.41, 5.74) is 0.496. The molecule has 1 fully saturated rings. The Morgan fingerprint density at radius 3 is 3.05 bits per heavy atom. The van der Waals surface area contributed by atoms with Crippen molar-refractivity contribution < 1.29 is 0 Å². The number of anilines is 1. The van der Waals surface area contributed by atoms with E-state index in [1.165, 1.54) is 23.8 Å². The van der Waals surface area contributed by atoms with Crippen LogP contribution in [-0.4, -0.2) is 25.9 Å². The van der Waals surface area contributed by atoms with Gasteiger partial charge in [0, 0.05) is 6.04 Å². The monoisotopic (exact) mass is 261 g/mol. The standard InChI is InChI=1S/C13H19N5O/c1-13(2)8-4-3-5-9(13)14-10-6-7-11-15-16-12(19)18(11)17-10/h6-7,9H,3-5,8H2,1-2H3,(H,14,17)(H,16,19). The molecule has 102 valence electrons. The molecule has 2 heterocycles. The molecule has 2 aromatic heterocycles. The van der Waals surface area contributed by atoms with E-state index < -0.39 is 0 Å². The van der Waals surface area contributed by atoms with Gasteiger partial charge in [0.1, 0.15) is 5.82 Å². The van der Waals surface area contributed by atoms with Gasteiger partial charge in [-0.05, 0) is 30.4 Å². The number of rotatable bonds is 2.